The molecule has 3 rings (SSSR count). The van der Waals surface area contributed by atoms with Crippen LogP contribution in [0.1, 0.15) is 11.1 Å². The lowest BCUT2D eigenvalue weighted by atomic mass is 10.1. The van der Waals surface area contributed by atoms with Gasteiger partial charge in [0.1, 0.15) is 0 Å². The third-order valence-corrected chi connectivity index (χ3v) is 3.35. The molecule has 2 aromatic carbocycles. The maximum Gasteiger partial charge on any atom is 0.260 e. The number of benzene rings is 2. The fraction of sp³-hybridized carbons (Fsp3) is 0.0588. The predicted molar refractivity (Wildman–Crippen MR) is 77.7 cm³/mol. The summed E-state index contributed by atoms with van der Waals surface area (Å²) in [5, 5.41) is 8.85. The van der Waals surface area contributed by atoms with E-state index < -0.39 is 0 Å². The lowest BCUT2D eigenvalue weighted by molar-refractivity contribution is -0.113. The molecule has 0 bridgehead atoms. The second-order valence-electron chi connectivity index (χ2n) is 4.58. The van der Waals surface area contributed by atoms with Crippen molar-refractivity contribution in [2.45, 2.75) is 6.54 Å². The van der Waals surface area contributed by atoms with Crippen LogP contribution in [-0.2, 0) is 11.3 Å². The molecule has 0 fully saturated rings. The molecule has 0 radical (unpaired) electrons. The molecule has 1 amide bonds. The third kappa shape index (κ3) is 1.98. The van der Waals surface area contributed by atoms with Gasteiger partial charge in [0, 0.05) is 11.6 Å². The van der Waals surface area contributed by atoms with Crippen LogP contribution in [0.2, 0.25) is 0 Å². The van der Waals surface area contributed by atoms with Gasteiger partial charge in [0.15, 0.2) is 0 Å². The average Bonchev–Trinajstić information content (AvgIpc) is 2.75. The van der Waals surface area contributed by atoms with E-state index in [0.29, 0.717) is 12.1 Å². The number of amides is 1. The molecule has 0 aromatic heterocycles. The van der Waals surface area contributed by atoms with E-state index >= 15 is 0 Å². The summed E-state index contributed by atoms with van der Waals surface area (Å²) in [5.74, 6) is -0.114. The normalized spacial score (nSPS) is 15.2. The van der Waals surface area contributed by atoms with Gasteiger partial charge in [-0.1, -0.05) is 48.5 Å². The van der Waals surface area contributed by atoms with Gasteiger partial charge in [-0.25, -0.2) is 0 Å². The molecule has 0 atom stereocenters. The molecule has 0 aliphatic carbocycles. The highest BCUT2D eigenvalue weighted by Gasteiger charge is 2.31. The van der Waals surface area contributed by atoms with E-state index in [4.69, 9.17) is 5.26 Å². The van der Waals surface area contributed by atoms with Crippen LogP contribution in [0.5, 0.6) is 0 Å². The van der Waals surface area contributed by atoms with Crippen molar-refractivity contribution in [3.63, 3.8) is 0 Å². The highest BCUT2D eigenvalue weighted by Crippen LogP contribution is 2.37. The topological polar surface area (TPSA) is 44.1 Å². The summed E-state index contributed by atoms with van der Waals surface area (Å²) in [4.78, 5) is 14.2. The van der Waals surface area contributed by atoms with Gasteiger partial charge in [0.25, 0.3) is 5.91 Å². The average molecular weight is 260 g/mol. The Bertz CT molecular complexity index is 726. The number of hydrogen-bond donors (Lipinski definition) is 0. The first kappa shape index (κ1) is 12.2. The summed E-state index contributed by atoms with van der Waals surface area (Å²) in [5.41, 5.74) is 3.23. The highest BCUT2D eigenvalue weighted by atomic mass is 16.2. The Hall–Kier alpha value is -2.86. The van der Waals surface area contributed by atoms with Crippen molar-refractivity contribution >= 4 is 17.2 Å². The Labute approximate surface area is 117 Å². The van der Waals surface area contributed by atoms with Gasteiger partial charge in [0.2, 0.25) is 0 Å². The SMILES string of the molecule is N#CC=C1C(=O)N(Cc2ccccc2)c2ccccc21. The molecule has 1 aliphatic heterocycles. The van der Waals surface area contributed by atoms with Gasteiger partial charge in [-0.3, -0.25) is 4.79 Å². The molecule has 20 heavy (non-hydrogen) atoms. The molecule has 2 aromatic rings. The highest BCUT2D eigenvalue weighted by molar-refractivity contribution is 6.32. The first-order valence-electron chi connectivity index (χ1n) is 6.36. The van der Waals surface area contributed by atoms with Crippen molar-refractivity contribution < 1.29 is 4.79 Å². The van der Waals surface area contributed by atoms with Crippen molar-refractivity contribution in [3.05, 3.63) is 71.8 Å². The smallest absolute Gasteiger partial charge is 0.260 e. The second kappa shape index (κ2) is 5.02. The van der Waals surface area contributed by atoms with Crippen LogP contribution in [0.15, 0.2) is 60.7 Å². The van der Waals surface area contributed by atoms with Crippen LogP contribution < -0.4 is 4.90 Å². The van der Waals surface area contributed by atoms with Crippen LogP contribution in [0.3, 0.4) is 0 Å². The minimum absolute atomic E-state index is 0.114. The number of carbonyl (C=O) groups excluding carboxylic acids is 1. The van der Waals surface area contributed by atoms with Gasteiger partial charge in [-0.15, -0.1) is 0 Å². The van der Waals surface area contributed by atoms with E-state index in [2.05, 4.69) is 0 Å². The van der Waals surface area contributed by atoms with Crippen molar-refractivity contribution in [2.24, 2.45) is 0 Å². The summed E-state index contributed by atoms with van der Waals surface area (Å²) >= 11 is 0. The van der Waals surface area contributed by atoms with E-state index in [1.165, 1.54) is 6.08 Å². The molecule has 3 heteroatoms. The molecule has 3 nitrogen and oxygen atoms in total. The number of allylic oxidation sites excluding steroid dienone is 1. The van der Waals surface area contributed by atoms with Gasteiger partial charge in [-0.05, 0) is 11.6 Å². The number of para-hydroxylation sites is 1. The minimum atomic E-state index is -0.114. The Morgan fingerprint density at radius 1 is 1.05 bits per heavy atom. The molecular formula is C17H12N2O. The van der Waals surface area contributed by atoms with Gasteiger partial charge >= 0.3 is 0 Å². The fourth-order valence-electron chi connectivity index (χ4n) is 2.43. The zero-order valence-electron chi connectivity index (χ0n) is 10.8. The van der Waals surface area contributed by atoms with Crippen molar-refractivity contribution in [1.82, 2.24) is 0 Å². The lowest BCUT2D eigenvalue weighted by Gasteiger charge is -2.17. The van der Waals surface area contributed by atoms with E-state index in [-0.39, 0.29) is 5.91 Å². The molecule has 0 unspecified atom stereocenters. The number of anilines is 1. The summed E-state index contributed by atoms with van der Waals surface area (Å²) < 4.78 is 0. The Kier molecular flexibility index (Phi) is 3.06. The Balaban J connectivity index is 2.03. The Morgan fingerprint density at radius 3 is 2.50 bits per heavy atom. The van der Waals surface area contributed by atoms with Crippen molar-refractivity contribution in [3.8, 4) is 6.07 Å². The monoisotopic (exact) mass is 260 g/mol. The molecule has 0 N–H and O–H groups in total. The van der Waals surface area contributed by atoms with Crippen molar-refractivity contribution in [1.29, 1.82) is 5.26 Å². The van der Waals surface area contributed by atoms with E-state index in [1.54, 1.807) is 4.90 Å². The second-order valence-corrected chi connectivity index (χ2v) is 4.58. The first-order valence-corrected chi connectivity index (χ1v) is 6.36. The molecule has 96 valence electrons. The maximum atomic E-state index is 12.5. The molecular weight excluding hydrogens is 248 g/mol. The summed E-state index contributed by atoms with van der Waals surface area (Å²) in [6.45, 7) is 0.513. The number of carbonyl (C=O) groups is 1. The third-order valence-electron chi connectivity index (χ3n) is 3.35. The molecule has 1 heterocycles. The number of fused-ring (bicyclic) bond motifs is 1. The van der Waals surface area contributed by atoms with E-state index in [1.807, 2.05) is 60.7 Å². The molecule has 1 aliphatic rings. The van der Waals surface area contributed by atoms with Crippen LogP contribution >= 0.6 is 0 Å². The Morgan fingerprint density at radius 2 is 1.75 bits per heavy atom. The summed E-state index contributed by atoms with van der Waals surface area (Å²) in [6, 6.07) is 19.4. The van der Waals surface area contributed by atoms with E-state index in [0.717, 1.165) is 16.8 Å². The van der Waals surface area contributed by atoms with Crippen LogP contribution in [0.25, 0.3) is 5.57 Å². The maximum absolute atomic E-state index is 12.5. The largest absolute Gasteiger partial charge is 0.303 e. The fourth-order valence-corrected chi connectivity index (χ4v) is 2.43. The van der Waals surface area contributed by atoms with Crippen molar-refractivity contribution in [2.75, 3.05) is 4.90 Å². The van der Waals surface area contributed by atoms with Crippen LogP contribution in [0.4, 0.5) is 5.69 Å². The quantitative estimate of drug-likeness (QED) is 0.615. The summed E-state index contributed by atoms with van der Waals surface area (Å²) in [7, 11) is 0. The zero-order valence-corrected chi connectivity index (χ0v) is 10.8. The van der Waals surface area contributed by atoms with E-state index in [9.17, 15) is 4.79 Å². The molecule has 0 saturated heterocycles. The van der Waals surface area contributed by atoms with Crippen LogP contribution in [-0.4, -0.2) is 5.91 Å². The first-order chi connectivity index (χ1) is 9.81. The van der Waals surface area contributed by atoms with Gasteiger partial charge < -0.3 is 4.90 Å². The van der Waals surface area contributed by atoms with Gasteiger partial charge in [0.05, 0.1) is 23.9 Å². The number of nitriles is 1. The summed E-state index contributed by atoms with van der Waals surface area (Å²) in [6.07, 6.45) is 1.33. The molecule has 0 saturated carbocycles. The standard InChI is InChI=1S/C17H12N2O/c18-11-10-15-14-8-4-5-9-16(14)19(17(15)20)12-13-6-2-1-3-7-13/h1-10H,12H2. The number of rotatable bonds is 2. The van der Waals surface area contributed by atoms with Gasteiger partial charge in [-0.2, -0.15) is 5.26 Å². The molecule has 0 spiro atoms. The predicted octanol–water partition coefficient (Wildman–Crippen LogP) is 3.14. The number of hydrogen-bond acceptors (Lipinski definition) is 2. The minimum Gasteiger partial charge on any atom is -0.303 e. The number of nitrogens with zero attached hydrogens (tertiary/aromatic N) is 2. The zero-order chi connectivity index (χ0) is 13.9. The lowest BCUT2D eigenvalue weighted by Crippen LogP contribution is -2.25. The van der Waals surface area contributed by atoms with Crippen LogP contribution in [0, 0.1) is 11.3 Å².